The second-order valence-electron chi connectivity index (χ2n) is 2.49. The predicted octanol–water partition coefficient (Wildman–Crippen LogP) is 2.55. The molecule has 62 valence electrons. The number of allylic oxidation sites excluding steroid dienone is 1. The average Bonchev–Trinajstić information content (AvgIpc) is 2.16. The van der Waals surface area contributed by atoms with E-state index in [0.717, 1.165) is 5.56 Å². The molecule has 1 aromatic rings. The monoisotopic (exact) mass is 161 g/mol. The van der Waals surface area contributed by atoms with Crippen LogP contribution in [0, 0.1) is 0 Å². The smallest absolute Gasteiger partial charge is 0.0765 e. The van der Waals surface area contributed by atoms with Gasteiger partial charge in [0.15, 0.2) is 0 Å². The van der Waals surface area contributed by atoms with Crippen LogP contribution < -0.4 is 0 Å². The lowest BCUT2D eigenvalue weighted by Gasteiger charge is -1.89. The van der Waals surface area contributed by atoms with E-state index in [-0.39, 0.29) is 0 Å². The minimum Gasteiger partial charge on any atom is -0.411 e. The highest BCUT2D eigenvalue weighted by Gasteiger charge is 1.84. The lowest BCUT2D eigenvalue weighted by Crippen LogP contribution is -1.82. The molecule has 12 heavy (non-hydrogen) atoms. The topological polar surface area (TPSA) is 32.6 Å². The summed E-state index contributed by atoms with van der Waals surface area (Å²) in [5, 5.41) is 11.4. The largest absolute Gasteiger partial charge is 0.411 e. The Morgan fingerprint density at radius 1 is 1.33 bits per heavy atom. The molecule has 0 bridgehead atoms. The Labute approximate surface area is 71.8 Å². The van der Waals surface area contributed by atoms with E-state index < -0.39 is 0 Å². The van der Waals surface area contributed by atoms with Crippen molar-refractivity contribution >= 4 is 11.8 Å². The van der Waals surface area contributed by atoms with Crippen molar-refractivity contribution in [2.75, 3.05) is 0 Å². The van der Waals surface area contributed by atoms with Crippen LogP contribution in [0.15, 0.2) is 41.6 Å². The highest BCUT2D eigenvalue weighted by atomic mass is 16.4. The molecule has 2 nitrogen and oxygen atoms in total. The molecule has 0 heterocycles. The van der Waals surface area contributed by atoms with Gasteiger partial charge in [0, 0.05) is 0 Å². The van der Waals surface area contributed by atoms with Gasteiger partial charge in [0.1, 0.15) is 0 Å². The first-order valence-electron chi connectivity index (χ1n) is 3.74. The van der Waals surface area contributed by atoms with Gasteiger partial charge < -0.3 is 5.21 Å². The first-order valence-corrected chi connectivity index (χ1v) is 3.74. The standard InChI is InChI=1S/C10H11NO/c1-9(11-12)7-8-10-5-3-2-4-6-10/h2-8,12H,1H3/b8-7+,11-9+. The maximum absolute atomic E-state index is 8.35. The maximum Gasteiger partial charge on any atom is 0.0765 e. The van der Waals surface area contributed by atoms with Gasteiger partial charge in [-0.1, -0.05) is 41.6 Å². The molecule has 1 aromatic carbocycles. The van der Waals surface area contributed by atoms with E-state index in [1.807, 2.05) is 36.4 Å². The Hall–Kier alpha value is -1.57. The minimum atomic E-state index is 0.596. The molecular weight excluding hydrogens is 150 g/mol. The molecule has 0 aliphatic heterocycles. The van der Waals surface area contributed by atoms with E-state index in [9.17, 15) is 0 Å². The van der Waals surface area contributed by atoms with Crippen molar-refractivity contribution in [1.82, 2.24) is 0 Å². The fourth-order valence-electron chi connectivity index (χ4n) is 0.814. The molecule has 0 fully saturated rings. The molecular formula is C10H11NO. The Morgan fingerprint density at radius 2 is 2.00 bits per heavy atom. The van der Waals surface area contributed by atoms with Crippen LogP contribution in [0.25, 0.3) is 6.08 Å². The number of hydrogen-bond acceptors (Lipinski definition) is 2. The quantitative estimate of drug-likeness (QED) is 0.403. The lowest BCUT2D eigenvalue weighted by molar-refractivity contribution is 0.319. The number of rotatable bonds is 2. The van der Waals surface area contributed by atoms with Crippen molar-refractivity contribution in [2.24, 2.45) is 5.16 Å². The number of benzene rings is 1. The second kappa shape index (κ2) is 4.34. The lowest BCUT2D eigenvalue weighted by atomic mass is 10.2. The average molecular weight is 161 g/mol. The molecule has 0 atom stereocenters. The molecule has 0 radical (unpaired) electrons. The van der Waals surface area contributed by atoms with Gasteiger partial charge in [-0.3, -0.25) is 0 Å². The highest BCUT2D eigenvalue weighted by molar-refractivity contribution is 5.95. The Kier molecular flexibility index (Phi) is 3.08. The van der Waals surface area contributed by atoms with Gasteiger partial charge in [-0.2, -0.15) is 0 Å². The summed E-state index contributed by atoms with van der Waals surface area (Å²) in [6, 6.07) is 9.86. The van der Waals surface area contributed by atoms with Gasteiger partial charge in [0.25, 0.3) is 0 Å². The van der Waals surface area contributed by atoms with Gasteiger partial charge in [-0.05, 0) is 18.6 Å². The SMILES string of the molecule is CC(/C=C/c1ccccc1)=N\O. The molecule has 2 heteroatoms. The molecule has 0 unspecified atom stereocenters. The summed E-state index contributed by atoms with van der Waals surface area (Å²) in [6.07, 6.45) is 3.66. The number of nitrogens with zero attached hydrogens (tertiary/aromatic N) is 1. The fourth-order valence-corrected chi connectivity index (χ4v) is 0.814. The molecule has 0 saturated heterocycles. The van der Waals surface area contributed by atoms with Crippen LogP contribution >= 0.6 is 0 Å². The van der Waals surface area contributed by atoms with E-state index in [1.165, 1.54) is 0 Å². The summed E-state index contributed by atoms with van der Waals surface area (Å²) in [5.41, 5.74) is 1.69. The van der Waals surface area contributed by atoms with E-state index in [1.54, 1.807) is 13.0 Å². The van der Waals surface area contributed by atoms with Crippen molar-refractivity contribution in [3.05, 3.63) is 42.0 Å². The van der Waals surface area contributed by atoms with Gasteiger partial charge >= 0.3 is 0 Å². The van der Waals surface area contributed by atoms with Gasteiger partial charge in [-0.15, -0.1) is 0 Å². The Morgan fingerprint density at radius 3 is 2.58 bits per heavy atom. The zero-order valence-corrected chi connectivity index (χ0v) is 6.94. The molecule has 0 spiro atoms. The molecule has 0 aliphatic carbocycles. The van der Waals surface area contributed by atoms with E-state index in [4.69, 9.17) is 5.21 Å². The highest BCUT2D eigenvalue weighted by Crippen LogP contribution is 2.00. The van der Waals surface area contributed by atoms with Crippen LogP contribution in [-0.2, 0) is 0 Å². The van der Waals surface area contributed by atoms with Gasteiger partial charge in [-0.25, -0.2) is 0 Å². The first kappa shape index (κ1) is 8.53. The molecule has 0 saturated carbocycles. The van der Waals surface area contributed by atoms with Crippen LogP contribution in [0.3, 0.4) is 0 Å². The summed E-state index contributed by atoms with van der Waals surface area (Å²) in [4.78, 5) is 0. The third kappa shape index (κ3) is 2.58. The summed E-state index contributed by atoms with van der Waals surface area (Å²) >= 11 is 0. The fraction of sp³-hybridized carbons (Fsp3) is 0.100. The summed E-state index contributed by atoms with van der Waals surface area (Å²) in [7, 11) is 0. The summed E-state index contributed by atoms with van der Waals surface area (Å²) in [5.74, 6) is 0. The predicted molar refractivity (Wildman–Crippen MR) is 50.4 cm³/mol. The van der Waals surface area contributed by atoms with Crippen LogP contribution in [0.5, 0.6) is 0 Å². The summed E-state index contributed by atoms with van der Waals surface area (Å²) in [6.45, 7) is 1.74. The number of hydrogen-bond donors (Lipinski definition) is 1. The van der Waals surface area contributed by atoms with E-state index in [2.05, 4.69) is 5.16 Å². The van der Waals surface area contributed by atoms with Gasteiger partial charge in [0.2, 0.25) is 0 Å². The molecule has 1 N–H and O–H groups in total. The molecule has 0 amide bonds. The second-order valence-corrected chi connectivity index (χ2v) is 2.49. The van der Waals surface area contributed by atoms with Gasteiger partial charge in [0.05, 0.1) is 5.71 Å². The van der Waals surface area contributed by atoms with E-state index >= 15 is 0 Å². The zero-order chi connectivity index (χ0) is 8.81. The van der Waals surface area contributed by atoms with Crippen molar-refractivity contribution in [2.45, 2.75) is 6.92 Å². The molecule has 1 rings (SSSR count). The first-order chi connectivity index (χ1) is 5.83. The molecule has 0 aromatic heterocycles. The third-order valence-electron chi connectivity index (χ3n) is 1.47. The number of oxime groups is 1. The third-order valence-corrected chi connectivity index (χ3v) is 1.47. The normalized spacial score (nSPS) is 12.2. The van der Waals surface area contributed by atoms with Crippen molar-refractivity contribution in [3.63, 3.8) is 0 Å². The zero-order valence-electron chi connectivity index (χ0n) is 6.94. The Balaban J connectivity index is 2.70. The van der Waals surface area contributed by atoms with Crippen LogP contribution in [0.1, 0.15) is 12.5 Å². The van der Waals surface area contributed by atoms with Crippen LogP contribution in [0.4, 0.5) is 0 Å². The maximum atomic E-state index is 8.35. The van der Waals surface area contributed by atoms with Crippen molar-refractivity contribution in [1.29, 1.82) is 0 Å². The minimum absolute atomic E-state index is 0.596. The molecule has 0 aliphatic rings. The van der Waals surface area contributed by atoms with Crippen molar-refractivity contribution in [3.8, 4) is 0 Å². The Bertz CT molecular complexity index is 288. The summed E-state index contributed by atoms with van der Waals surface area (Å²) < 4.78 is 0. The van der Waals surface area contributed by atoms with Crippen LogP contribution in [0.2, 0.25) is 0 Å². The van der Waals surface area contributed by atoms with Crippen LogP contribution in [-0.4, -0.2) is 10.9 Å². The van der Waals surface area contributed by atoms with Crippen molar-refractivity contribution < 1.29 is 5.21 Å². The van der Waals surface area contributed by atoms with E-state index in [0.29, 0.717) is 5.71 Å².